The van der Waals surface area contributed by atoms with Crippen LogP contribution in [0.5, 0.6) is 0 Å². The predicted octanol–water partition coefficient (Wildman–Crippen LogP) is 0.631. The standard InChI is InChI=1S/C11H24N2O2/c1-9(2)10(3)11(14)13-6-5-12-7-8-15-4/h9-10,12H,5-8H2,1-4H3,(H,13,14). The van der Waals surface area contributed by atoms with Gasteiger partial charge in [0.2, 0.25) is 5.91 Å². The van der Waals surface area contributed by atoms with E-state index in [2.05, 4.69) is 24.5 Å². The number of methoxy groups -OCH3 is 1. The van der Waals surface area contributed by atoms with Crippen molar-refractivity contribution in [1.29, 1.82) is 0 Å². The maximum Gasteiger partial charge on any atom is 0.223 e. The highest BCUT2D eigenvalue weighted by molar-refractivity contribution is 5.78. The SMILES string of the molecule is COCCNCCNC(=O)C(C)C(C)C. The van der Waals surface area contributed by atoms with Crippen molar-refractivity contribution in [2.24, 2.45) is 11.8 Å². The Bertz CT molecular complexity index is 172. The molecule has 15 heavy (non-hydrogen) atoms. The fraction of sp³-hybridized carbons (Fsp3) is 0.909. The molecule has 2 N–H and O–H groups in total. The summed E-state index contributed by atoms with van der Waals surface area (Å²) in [7, 11) is 1.67. The monoisotopic (exact) mass is 216 g/mol. The van der Waals surface area contributed by atoms with E-state index in [0.717, 1.165) is 13.1 Å². The van der Waals surface area contributed by atoms with Crippen LogP contribution in [0.15, 0.2) is 0 Å². The maximum absolute atomic E-state index is 11.5. The molecular formula is C11H24N2O2. The predicted molar refractivity (Wildman–Crippen MR) is 61.8 cm³/mol. The average Bonchev–Trinajstić information content (AvgIpc) is 2.21. The third kappa shape index (κ3) is 7.33. The second kappa shape index (κ2) is 8.68. The first-order valence-corrected chi connectivity index (χ1v) is 5.57. The molecule has 0 aliphatic heterocycles. The molecule has 1 unspecified atom stereocenters. The highest BCUT2D eigenvalue weighted by Gasteiger charge is 2.15. The van der Waals surface area contributed by atoms with Gasteiger partial charge in [-0.05, 0) is 5.92 Å². The summed E-state index contributed by atoms with van der Waals surface area (Å²) in [6, 6.07) is 0. The molecule has 4 nitrogen and oxygen atoms in total. The number of ether oxygens (including phenoxy) is 1. The van der Waals surface area contributed by atoms with E-state index in [9.17, 15) is 4.79 Å². The van der Waals surface area contributed by atoms with Gasteiger partial charge in [-0.1, -0.05) is 20.8 Å². The van der Waals surface area contributed by atoms with Gasteiger partial charge in [-0.3, -0.25) is 4.79 Å². The first kappa shape index (κ1) is 14.4. The lowest BCUT2D eigenvalue weighted by Gasteiger charge is -2.15. The van der Waals surface area contributed by atoms with Crippen LogP contribution in [0.3, 0.4) is 0 Å². The van der Waals surface area contributed by atoms with Crippen molar-refractivity contribution in [1.82, 2.24) is 10.6 Å². The van der Waals surface area contributed by atoms with Gasteiger partial charge in [-0.15, -0.1) is 0 Å². The van der Waals surface area contributed by atoms with Crippen molar-refractivity contribution < 1.29 is 9.53 Å². The summed E-state index contributed by atoms with van der Waals surface area (Å²) in [5.41, 5.74) is 0. The zero-order valence-electron chi connectivity index (χ0n) is 10.3. The van der Waals surface area contributed by atoms with Crippen molar-refractivity contribution in [3.8, 4) is 0 Å². The first-order chi connectivity index (χ1) is 7.09. The van der Waals surface area contributed by atoms with Crippen molar-refractivity contribution in [2.75, 3.05) is 33.4 Å². The lowest BCUT2D eigenvalue weighted by molar-refractivity contribution is -0.125. The van der Waals surface area contributed by atoms with E-state index in [0.29, 0.717) is 19.1 Å². The maximum atomic E-state index is 11.5. The molecule has 0 fully saturated rings. The summed E-state index contributed by atoms with van der Waals surface area (Å²) in [4.78, 5) is 11.5. The molecule has 0 aromatic carbocycles. The molecule has 0 aromatic heterocycles. The zero-order chi connectivity index (χ0) is 11.7. The molecule has 0 bridgehead atoms. The molecule has 1 amide bonds. The lowest BCUT2D eigenvalue weighted by Crippen LogP contribution is -2.37. The molecule has 0 aliphatic rings. The zero-order valence-corrected chi connectivity index (χ0v) is 10.3. The van der Waals surface area contributed by atoms with Gasteiger partial charge in [0.05, 0.1) is 6.61 Å². The molecule has 0 radical (unpaired) electrons. The van der Waals surface area contributed by atoms with Gasteiger partial charge in [0, 0.05) is 32.7 Å². The van der Waals surface area contributed by atoms with Crippen LogP contribution >= 0.6 is 0 Å². The van der Waals surface area contributed by atoms with Crippen LogP contribution in [0.1, 0.15) is 20.8 Å². The van der Waals surface area contributed by atoms with Crippen LogP contribution in [0.2, 0.25) is 0 Å². The Balaban J connectivity index is 3.39. The lowest BCUT2D eigenvalue weighted by atomic mass is 9.97. The third-order valence-electron chi connectivity index (χ3n) is 2.50. The molecule has 0 aromatic rings. The topological polar surface area (TPSA) is 50.4 Å². The number of carbonyl (C=O) groups excluding carboxylic acids is 1. The van der Waals surface area contributed by atoms with Crippen LogP contribution in [-0.2, 0) is 9.53 Å². The number of hydrogen-bond donors (Lipinski definition) is 2. The van der Waals surface area contributed by atoms with Gasteiger partial charge in [0.25, 0.3) is 0 Å². The van der Waals surface area contributed by atoms with Crippen molar-refractivity contribution in [3.05, 3.63) is 0 Å². The molecule has 4 heteroatoms. The summed E-state index contributed by atoms with van der Waals surface area (Å²) in [5, 5.41) is 6.07. The van der Waals surface area contributed by atoms with Crippen molar-refractivity contribution >= 4 is 5.91 Å². The van der Waals surface area contributed by atoms with Gasteiger partial charge in [0.1, 0.15) is 0 Å². The summed E-state index contributed by atoms with van der Waals surface area (Å²) in [6.07, 6.45) is 0. The summed E-state index contributed by atoms with van der Waals surface area (Å²) >= 11 is 0. The van der Waals surface area contributed by atoms with Crippen molar-refractivity contribution in [2.45, 2.75) is 20.8 Å². The van der Waals surface area contributed by atoms with Crippen molar-refractivity contribution in [3.63, 3.8) is 0 Å². The molecule has 0 spiro atoms. The Morgan fingerprint density at radius 3 is 2.40 bits per heavy atom. The van der Waals surface area contributed by atoms with Gasteiger partial charge in [-0.25, -0.2) is 0 Å². The van der Waals surface area contributed by atoms with Crippen LogP contribution in [-0.4, -0.2) is 39.3 Å². The van der Waals surface area contributed by atoms with E-state index < -0.39 is 0 Å². The van der Waals surface area contributed by atoms with Gasteiger partial charge < -0.3 is 15.4 Å². The quantitative estimate of drug-likeness (QED) is 0.585. The van der Waals surface area contributed by atoms with E-state index >= 15 is 0 Å². The van der Waals surface area contributed by atoms with Gasteiger partial charge in [0.15, 0.2) is 0 Å². The van der Waals surface area contributed by atoms with Crippen LogP contribution in [0.4, 0.5) is 0 Å². The number of nitrogens with one attached hydrogen (secondary N) is 2. The van der Waals surface area contributed by atoms with Crippen LogP contribution in [0, 0.1) is 11.8 Å². The van der Waals surface area contributed by atoms with E-state index in [4.69, 9.17) is 4.74 Å². The summed E-state index contributed by atoms with van der Waals surface area (Å²) in [5.74, 6) is 0.619. The van der Waals surface area contributed by atoms with Gasteiger partial charge >= 0.3 is 0 Å². The first-order valence-electron chi connectivity index (χ1n) is 5.57. The Kier molecular flexibility index (Phi) is 8.33. The minimum absolute atomic E-state index is 0.0870. The van der Waals surface area contributed by atoms with E-state index in [1.54, 1.807) is 7.11 Å². The molecule has 0 rings (SSSR count). The number of amides is 1. The highest BCUT2D eigenvalue weighted by atomic mass is 16.5. The molecule has 90 valence electrons. The molecule has 0 saturated carbocycles. The minimum Gasteiger partial charge on any atom is -0.383 e. The fourth-order valence-electron chi connectivity index (χ4n) is 1.04. The van der Waals surface area contributed by atoms with Crippen LogP contribution in [0.25, 0.3) is 0 Å². The van der Waals surface area contributed by atoms with Gasteiger partial charge in [-0.2, -0.15) is 0 Å². The normalized spacial score (nSPS) is 12.9. The number of rotatable bonds is 8. The smallest absolute Gasteiger partial charge is 0.223 e. The fourth-order valence-corrected chi connectivity index (χ4v) is 1.04. The Morgan fingerprint density at radius 2 is 1.87 bits per heavy atom. The number of carbonyl (C=O) groups is 1. The number of hydrogen-bond acceptors (Lipinski definition) is 3. The summed E-state index contributed by atoms with van der Waals surface area (Å²) < 4.78 is 4.89. The molecule has 0 aliphatic carbocycles. The Morgan fingerprint density at radius 1 is 1.20 bits per heavy atom. The Labute approximate surface area is 92.8 Å². The second-order valence-electron chi connectivity index (χ2n) is 4.07. The minimum atomic E-state index is 0.0870. The third-order valence-corrected chi connectivity index (χ3v) is 2.50. The average molecular weight is 216 g/mol. The van der Waals surface area contributed by atoms with E-state index in [1.165, 1.54) is 0 Å². The largest absolute Gasteiger partial charge is 0.383 e. The van der Waals surface area contributed by atoms with E-state index in [-0.39, 0.29) is 11.8 Å². The molecule has 1 atom stereocenters. The van der Waals surface area contributed by atoms with E-state index in [1.807, 2.05) is 6.92 Å². The Hall–Kier alpha value is -0.610. The van der Waals surface area contributed by atoms with Crippen LogP contribution < -0.4 is 10.6 Å². The molecule has 0 saturated heterocycles. The second-order valence-corrected chi connectivity index (χ2v) is 4.07. The molecule has 0 heterocycles. The molecular weight excluding hydrogens is 192 g/mol. The summed E-state index contributed by atoms with van der Waals surface area (Å²) in [6.45, 7) is 9.07. The highest BCUT2D eigenvalue weighted by Crippen LogP contribution is 2.08.